The van der Waals surface area contributed by atoms with Gasteiger partial charge in [0.2, 0.25) is 0 Å². The van der Waals surface area contributed by atoms with Crippen LogP contribution >= 0.6 is 0 Å². The maximum absolute atomic E-state index is 13.0. The third-order valence-corrected chi connectivity index (χ3v) is 3.86. The molecule has 2 heterocycles. The van der Waals surface area contributed by atoms with Crippen LogP contribution < -0.4 is 5.32 Å². The normalized spacial score (nSPS) is 17.9. The molecule has 1 aliphatic rings. The minimum Gasteiger partial charge on any atom is -0.362 e. The van der Waals surface area contributed by atoms with E-state index in [9.17, 15) is 18.0 Å². The fraction of sp³-hybridized carbons (Fsp3) is 0.312. The maximum Gasteiger partial charge on any atom is 0.406 e. The molecule has 0 saturated heterocycles. The highest BCUT2D eigenvalue weighted by Gasteiger charge is 2.41. The molecule has 7 heteroatoms. The smallest absolute Gasteiger partial charge is 0.362 e. The number of amides is 1. The molecule has 0 unspecified atom stereocenters. The monoisotopic (exact) mass is 323 g/mol. The van der Waals surface area contributed by atoms with Crippen molar-refractivity contribution in [3.63, 3.8) is 0 Å². The number of aryl methyl sites for hydroxylation is 2. The molecular weight excluding hydrogens is 307 g/mol. The third-order valence-electron chi connectivity index (χ3n) is 3.86. The third kappa shape index (κ3) is 2.91. The largest absolute Gasteiger partial charge is 0.406 e. The lowest BCUT2D eigenvalue weighted by Gasteiger charge is -2.38. The molecule has 1 aromatic carbocycles. The first-order valence-corrected chi connectivity index (χ1v) is 7.15. The standard InChI is InChI=1S/C16H16F3N3O/c1-9-7-12(10(2)20-9)14-21-13-6-4-3-5-11(13)15(23)22(14)8-16(17,18)19/h3-7,14,20-21H,8H2,1-2H3/t14-/m1/s1. The topological polar surface area (TPSA) is 48.1 Å². The number of hydrogen-bond acceptors (Lipinski definition) is 2. The Labute approximate surface area is 131 Å². The van der Waals surface area contributed by atoms with Gasteiger partial charge in [-0.2, -0.15) is 13.2 Å². The summed E-state index contributed by atoms with van der Waals surface area (Å²) in [6.07, 6.45) is -5.33. The van der Waals surface area contributed by atoms with Crippen LogP contribution in [0.4, 0.5) is 18.9 Å². The van der Waals surface area contributed by atoms with Crippen LogP contribution in [-0.4, -0.2) is 28.5 Å². The van der Waals surface area contributed by atoms with Gasteiger partial charge >= 0.3 is 6.18 Å². The minimum atomic E-state index is -4.47. The molecule has 2 N–H and O–H groups in total. The highest BCUT2D eigenvalue weighted by atomic mass is 19.4. The van der Waals surface area contributed by atoms with Crippen molar-refractivity contribution in [2.24, 2.45) is 0 Å². The van der Waals surface area contributed by atoms with Crippen LogP contribution in [0, 0.1) is 13.8 Å². The summed E-state index contributed by atoms with van der Waals surface area (Å²) in [6.45, 7) is 2.30. The van der Waals surface area contributed by atoms with Gasteiger partial charge in [-0.3, -0.25) is 4.79 Å². The van der Waals surface area contributed by atoms with Crippen molar-refractivity contribution in [2.45, 2.75) is 26.2 Å². The lowest BCUT2D eigenvalue weighted by Crippen LogP contribution is -2.47. The van der Waals surface area contributed by atoms with Gasteiger partial charge in [0.15, 0.2) is 0 Å². The van der Waals surface area contributed by atoms with Gasteiger partial charge in [-0.15, -0.1) is 0 Å². The zero-order valence-electron chi connectivity index (χ0n) is 12.7. The van der Waals surface area contributed by atoms with E-state index in [4.69, 9.17) is 0 Å². The minimum absolute atomic E-state index is 0.248. The van der Waals surface area contributed by atoms with E-state index < -0.39 is 24.8 Å². The van der Waals surface area contributed by atoms with E-state index in [1.54, 1.807) is 31.2 Å². The van der Waals surface area contributed by atoms with Crippen molar-refractivity contribution < 1.29 is 18.0 Å². The highest BCUT2D eigenvalue weighted by Crippen LogP contribution is 2.36. The van der Waals surface area contributed by atoms with Gasteiger partial charge in [-0.1, -0.05) is 12.1 Å². The summed E-state index contributed by atoms with van der Waals surface area (Å²) >= 11 is 0. The molecule has 0 radical (unpaired) electrons. The first-order chi connectivity index (χ1) is 10.8. The Hall–Kier alpha value is -2.44. The summed E-state index contributed by atoms with van der Waals surface area (Å²) in [6, 6.07) is 8.36. The fourth-order valence-electron chi connectivity index (χ4n) is 2.92. The molecule has 1 aliphatic heterocycles. The van der Waals surface area contributed by atoms with Gasteiger partial charge in [0.05, 0.1) is 5.56 Å². The first-order valence-electron chi connectivity index (χ1n) is 7.15. The summed E-state index contributed by atoms with van der Waals surface area (Å²) in [5, 5.41) is 3.06. The molecule has 3 rings (SSSR count). The number of aromatic nitrogens is 1. The molecule has 0 aliphatic carbocycles. The number of anilines is 1. The van der Waals surface area contributed by atoms with E-state index >= 15 is 0 Å². The summed E-state index contributed by atoms with van der Waals surface area (Å²) < 4.78 is 38.9. The number of fused-ring (bicyclic) bond motifs is 1. The Morgan fingerprint density at radius 3 is 2.52 bits per heavy atom. The van der Waals surface area contributed by atoms with Crippen molar-refractivity contribution in [2.75, 3.05) is 11.9 Å². The fourth-order valence-corrected chi connectivity index (χ4v) is 2.92. The van der Waals surface area contributed by atoms with Crippen LogP contribution in [0.15, 0.2) is 30.3 Å². The average Bonchev–Trinajstić information content (AvgIpc) is 2.79. The highest BCUT2D eigenvalue weighted by molar-refractivity contribution is 6.01. The van der Waals surface area contributed by atoms with Gasteiger partial charge in [-0.05, 0) is 32.0 Å². The van der Waals surface area contributed by atoms with Gasteiger partial charge in [0.25, 0.3) is 5.91 Å². The Bertz CT molecular complexity index is 751. The zero-order valence-corrected chi connectivity index (χ0v) is 12.7. The van der Waals surface area contributed by atoms with Crippen molar-refractivity contribution in [1.29, 1.82) is 0 Å². The van der Waals surface area contributed by atoms with Gasteiger partial charge in [0, 0.05) is 22.6 Å². The Kier molecular flexibility index (Phi) is 3.58. The lowest BCUT2D eigenvalue weighted by atomic mass is 10.0. The molecule has 0 saturated carbocycles. The van der Waals surface area contributed by atoms with E-state index in [-0.39, 0.29) is 5.56 Å². The second kappa shape index (κ2) is 5.33. The number of carbonyl (C=O) groups excluding carboxylic acids is 1. The van der Waals surface area contributed by atoms with Crippen LogP contribution in [0.5, 0.6) is 0 Å². The van der Waals surface area contributed by atoms with Gasteiger partial charge in [-0.25, -0.2) is 0 Å². The second-order valence-corrected chi connectivity index (χ2v) is 5.67. The van der Waals surface area contributed by atoms with E-state index in [1.807, 2.05) is 6.92 Å². The van der Waals surface area contributed by atoms with Gasteiger partial charge < -0.3 is 15.2 Å². The lowest BCUT2D eigenvalue weighted by molar-refractivity contribution is -0.144. The molecule has 1 atom stereocenters. The van der Waals surface area contributed by atoms with Crippen molar-refractivity contribution >= 4 is 11.6 Å². The van der Waals surface area contributed by atoms with Crippen molar-refractivity contribution in [3.05, 3.63) is 52.8 Å². The molecule has 0 spiro atoms. The number of benzene rings is 1. The second-order valence-electron chi connectivity index (χ2n) is 5.67. The predicted molar refractivity (Wildman–Crippen MR) is 80.2 cm³/mol. The average molecular weight is 323 g/mol. The molecule has 0 bridgehead atoms. The number of alkyl halides is 3. The van der Waals surface area contributed by atoms with Crippen LogP contribution in [0.3, 0.4) is 0 Å². The number of rotatable bonds is 2. The van der Waals surface area contributed by atoms with Crippen LogP contribution in [0.1, 0.15) is 33.5 Å². The molecule has 23 heavy (non-hydrogen) atoms. The first kappa shape index (κ1) is 15.5. The molecule has 122 valence electrons. The van der Waals surface area contributed by atoms with Crippen LogP contribution in [0.25, 0.3) is 0 Å². The number of carbonyl (C=O) groups is 1. The zero-order chi connectivity index (χ0) is 16.8. The van der Waals surface area contributed by atoms with Gasteiger partial charge in [0.1, 0.15) is 12.7 Å². The van der Waals surface area contributed by atoms with E-state index in [0.29, 0.717) is 11.3 Å². The number of halogens is 3. The summed E-state index contributed by atoms with van der Waals surface area (Å²) in [5.41, 5.74) is 2.99. The van der Waals surface area contributed by atoms with E-state index in [2.05, 4.69) is 10.3 Å². The molecule has 1 aromatic heterocycles. The maximum atomic E-state index is 13.0. The number of para-hydroxylation sites is 1. The van der Waals surface area contributed by atoms with Crippen molar-refractivity contribution in [3.8, 4) is 0 Å². The predicted octanol–water partition coefficient (Wildman–Crippen LogP) is 3.76. The van der Waals surface area contributed by atoms with E-state index in [0.717, 1.165) is 16.3 Å². The number of nitrogens with zero attached hydrogens (tertiary/aromatic N) is 1. The van der Waals surface area contributed by atoms with Crippen LogP contribution in [0.2, 0.25) is 0 Å². The van der Waals surface area contributed by atoms with Crippen LogP contribution in [-0.2, 0) is 0 Å². The molecule has 2 aromatic rings. The number of aromatic amines is 1. The molecule has 0 fully saturated rings. The quantitative estimate of drug-likeness (QED) is 0.884. The summed E-state index contributed by atoms with van der Waals surface area (Å²) in [4.78, 5) is 16.5. The Balaban J connectivity index is 2.08. The SMILES string of the molecule is Cc1cc([C@@H]2Nc3ccccc3C(=O)N2CC(F)(F)F)c(C)[nH]1. The number of nitrogens with one attached hydrogen (secondary N) is 2. The molecule has 4 nitrogen and oxygen atoms in total. The summed E-state index contributed by atoms with van der Waals surface area (Å²) in [5.74, 6) is -0.625. The molecular formula is C16H16F3N3O. The number of H-pyrrole nitrogens is 1. The molecule has 1 amide bonds. The Morgan fingerprint density at radius 2 is 1.91 bits per heavy atom. The number of hydrogen-bond donors (Lipinski definition) is 2. The van der Waals surface area contributed by atoms with Crippen molar-refractivity contribution in [1.82, 2.24) is 9.88 Å². The summed E-state index contributed by atoms with van der Waals surface area (Å²) in [7, 11) is 0. The Morgan fingerprint density at radius 1 is 1.22 bits per heavy atom. The van der Waals surface area contributed by atoms with E-state index in [1.165, 1.54) is 6.07 Å².